The molecule has 5 heteroatoms. The summed E-state index contributed by atoms with van der Waals surface area (Å²) in [5, 5.41) is 9.05. The molecular formula is C16H24N2O3. The van der Waals surface area contributed by atoms with E-state index in [-0.39, 0.29) is 12.6 Å². The molecular weight excluding hydrogens is 268 g/mol. The first-order valence-electron chi connectivity index (χ1n) is 7.16. The predicted octanol–water partition coefficient (Wildman–Crippen LogP) is 2.98. The summed E-state index contributed by atoms with van der Waals surface area (Å²) in [7, 11) is 1.71. The largest absolute Gasteiger partial charge is 0.480 e. The number of amides is 2. The average molecular weight is 292 g/mol. The van der Waals surface area contributed by atoms with Crippen molar-refractivity contribution in [3.63, 3.8) is 0 Å². The molecule has 1 atom stereocenters. The fraction of sp³-hybridized carbons (Fsp3) is 0.500. The van der Waals surface area contributed by atoms with Crippen molar-refractivity contribution in [3.8, 4) is 0 Å². The molecule has 1 N–H and O–H groups in total. The van der Waals surface area contributed by atoms with Crippen molar-refractivity contribution in [1.82, 2.24) is 4.90 Å². The van der Waals surface area contributed by atoms with E-state index in [1.54, 1.807) is 24.1 Å². The van der Waals surface area contributed by atoms with Crippen LogP contribution >= 0.6 is 0 Å². The molecule has 1 aromatic rings. The van der Waals surface area contributed by atoms with E-state index in [0.29, 0.717) is 18.2 Å². The zero-order chi connectivity index (χ0) is 16.0. The van der Waals surface area contributed by atoms with Gasteiger partial charge in [0.15, 0.2) is 0 Å². The Morgan fingerprint density at radius 3 is 2.29 bits per heavy atom. The van der Waals surface area contributed by atoms with Gasteiger partial charge in [0.1, 0.15) is 6.54 Å². The number of urea groups is 1. The van der Waals surface area contributed by atoms with Crippen LogP contribution in [0, 0.1) is 12.8 Å². The number of carboxylic acids is 1. The van der Waals surface area contributed by atoms with Gasteiger partial charge in [-0.1, -0.05) is 38.0 Å². The van der Waals surface area contributed by atoms with Gasteiger partial charge in [0, 0.05) is 19.3 Å². The lowest BCUT2D eigenvalue weighted by Crippen LogP contribution is -2.45. The van der Waals surface area contributed by atoms with Crippen LogP contribution < -0.4 is 4.90 Å². The summed E-state index contributed by atoms with van der Waals surface area (Å²) in [6, 6.07) is 6.99. The Labute approximate surface area is 126 Å². The van der Waals surface area contributed by atoms with Crippen molar-refractivity contribution in [3.05, 3.63) is 29.8 Å². The maximum absolute atomic E-state index is 12.5. The van der Waals surface area contributed by atoms with E-state index in [0.717, 1.165) is 12.0 Å². The van der Waals surface area contributed by atoms with Gasteiger partial charge in [-0.05, 0) is 25.0 Å². The first-order chi connectivity index (χ1) is 9.85. The quantitative estimate of drug-likeness (QED) is 0.876. The highest BCUT2D eigenvalue weighted by atomic mass is 16.4. The maximum atomic E-state index is 12.5. The molecule has 0 heterocycles. The average Bonchev–Trinajstić information content (AvgIpc) is 2.44. The summed E-state index contributed by atoms with van der Waals surface area (Å²) in [5.74, 6) is -0.649. The smallest absolute Gasteiger partial charge is 0.324 e. The number of carboxylic acid groups (broad SMARTS) is 1. The van der Waals surface area contributed by atoms with Gasteiger partial charge in [-0.2, -0.15) is 0 Å². The number of carbonyl (C=O) groups is 2. The zero-order valence-electron chi connectivity index (χ0n) is 13.2. The topological polar surface area (TPSA) is 60.9 Å². The van der Waals surface area contributed by atoms with E-state index in [1.165, 1.54) is 4.90 Å². The number of hydrogen-bond acceptors (Lipinski definition) is 2. The van der Waals surface area contributed by atoms with E-state index in [1.807, 2.05) is 19.1 Å². The number of hydrogen-bond donors (Lipinski definition) is 1. The van der Waals surface area contributed by atoms with Gasteiger partial charge >= 0.3 is 12.0 Å². The third-order valence-corrected chi connectivity index (χ3v) is 3.48. The van der Waals surface area contributed by atoms with E-state index in [2.05, 4.69) is 13.8 Å². The molecule has 0 fully saturated rings. The maximum Gasteiger partial charge on any atom is 0.324 e. The van der Waals surface area contributed by atoms with Crippen LogP contribution in [0.5, 0.6) is 0 Å². The van der Waals surface area contributed by atoms with Gasteiger partial charge in [-0.25, -0.2) is 4.79 Å². The number of aryl methyl sites for hydroxylation is 1. The second-order valence-electron chi connectivity index (χ2n) is 5.49. The van der Waals surface area contributed by atoms with Gasteiger partial charge in [0.2, 0.25) is 0 Å². The molecule has 0 saturated carbocycles. The molecule has 0 saturated heterocycles. The van der Waals surface area contributed by atoms with Crippen molar-refractivity contribution in [2.75, 3.05) is 25.0 Å². The number of anilines is 1. The molecule has 1 rings (SSSR count). The minimum Gasteiger partial charge on any atom is -0.480 e. The Bertz CT molecular complexity index is 485. The van der Waals surface area contributed by atoms with E-state index in [4.69, 9.17) is 5.11 Å². The third kappa shape index (κ3) is 5.10. The summed E-state index contributed by atoms with van der Waals surface area (Å²) in [4.78, 5) is 26.4. The second-order valence-corrected chi connectivity index (χ2v) is 5.49. The molecule has 0 aliphatic carbocycles. The second kappa shape index (κ2) is 7.67. The summed E-state index contributed by atoms with van der Waals surface area (Å²) < 4.78 is 0. The molecule has 2 amide bonds. The minimum absolute atomic E-state index is 0.290. The molecule has 0 aliphatic heterocycles. The van der Waals surface area contributed by atoms with Crippen LogP contribution in [0.15, 0.2) is 24.3 Å². The van der Waals surface area contributed by atoms with Gasteiger partial charge < -0.3 is 10.0 Å². The SMILES string of the molecule is CCC(C)CN(C)C(=O)N(CC(=O)O)c1ccc(C)cc1. The Kier molecular flexibility index (Phi) is 6.21. The van der Waals surface area contributed by atoms with Crippen molar-refractivity contribution in [2.24, 2.45) is 5.92 Å². The summed E-state index contributed by atoms with van der Waals surface area (Å²) in [6.45, 7) is 6.35. The molecule has 1 aromatic carbocycles. The molecule has 0 bridgehead atoms. The van der Waals surface area contributed by atoms with Crippen LogP contribution in [0.4, 0.5) is 10.5 Å². The molecule has 21 heavy (non-hydrogen) atoms. The number of benzene rings is 1. The van der Waals surface area contributed by atoms with Gasteiger partial charge in [-0.3, -0.25) is 9.69 Å². The van der Waals surface area contributed by atoms with Gasteiger partial charge in [0.25, 0.3) is 0 Å². The summed E-state index contributed by atoms with van der Waals surface area (Å²) in [5.41, 5.74) is 1.67. The normalized spacial score (nSPS) is 11.8. The highest BCUT2D eigenvalue weighted by Gasteiger charge is 2.22. The number of rotatable bonds is 6. The summed E-state index contributed by atoms with van der Waals surface area (Å²) >= 11 is 0. The highest BCUT2D eigenvalue weighted by molar-refractivity contribution is 5.96. The van der Waals surface area contributed by atoms with Crippen LogP contribution in [0.25, 0.3) is 0 Å². The minimum atomic E-state index is -1.03. The Balaban J connectivity index is 2.93. The first kappa shape index (κ1) is 17.0. The van der Waals surface area contributed by atoms with Crippen molar-refractivity contribution >= 4 is 17.7 Å². The number of carbonyl (C=O) groups excluding carboxylic acids is 1. The van der Waals surface area contributed by atoms with Crippen molar-refractivity contribution in [2.45, 2.75) is 27.2 Å². The third-order valence-electron chi connectivity index (χ3n) is 3.48. The van der Waals surface area contributed by atoms with E-state index in [9.17, 15) is 9.59 Å². The van der Waals surface area contributed by atoms with Crippen molar-refractivity contribution in [1.29, 1.82) is 0 Å². The molecule has 0 spiro atoms. The molecule has 0 radical (unpaired) electrons. The van der Waals surface area contributed by atoms with Crippen LogP contribution in [-0.4, -0.2) is 42.1 Å². The summed E-state index contributed by atoms with van der Waals surface area (Å²) in [6.07, 6.45) is 0.973. The standard InChI is InChI=1S/C16H24N2O3/c1-5-12(2)10-17(4)16(21)18(11-15(19)20)14-8-6-13(3)7-9-14/h6-9,12H,5,10-11H2,1-4H3,(H,19,20). The molecule has 116 valence electrons. The Morgan fingerprint density at radius 1 is 1.24 bits per heavy atom. The molecule has 0 aliphatic rings. The van der Waals surface area contributed by atoms with Crippen LogP contribution in [-0.2, 0) is 4.79 Å². The fourth-order valence-corrected chi connectivity index (χ4v) is 2.01. The molecule has 1 unspecified atom stereocenters. The number of aliphatic carboxylic acids is 1. The van der Waals surface area contributed by atoms with Crippen LogP contribution in [0.1, 0.15) is 25.8 Å². The molecule has 5 nitrogen and oxygen atoms in total. The predicted molar refractivity (Wildman–Crippen MR) is 83.6 cm³/mol. The van der Waals surface area contributed by atoms with Gasteiger partial charge in [0.05, 0.1) is 0 Å². The lowest BCUT2D eigenvalue weighted by Gasteiger charge is -2.28. The molecule has 0 aromatic heterocycles. The highest BCUT2D eigenvalue weighted by Crippen LogP contribution is 2.17. The monoisotopic (exact) mass is 292 g/mol. The van der Waals surface area contributed by atoms with Crippen LogP contribution in [0.3, 0.4) is 0 Å². The Morgan fingerprint density at radius 2 is 1.81 bits per heavy atom. The zero-order valence-corrected chi connectivity index (χ0v) is 13.2. The first-order valence-corrected chi connectivity index (χ1v) is 7.16. The van der Waals surface area contributed by atoms with Gasteiger partial charge in [-0.15, -0.1) is 0 Å². The van der Waals surface area contributed by atoms with E-state index >= 15 is 0 Å². The lowest BCUT2D eigenvalue weighted by atomic mass is 10.1. The van der Waals surface area contributed by atoms with Crippen molar-refractivity contribution < 1.29 is 14.7 Å². The fourth-order valence-electron chi connectivity index (χ4n) is 2.01. The number of nitrogens with zero attached hydrogens (tertiary/aromatic N) is 2. The van der Waals surface area contributed by atoms with E-state index < -0.39 is 5.97 Å². The Hall–Kier alpha value is -2.04. The lowest BCUT2D eigenvalue weighted by molar-refractivity contribution is -0.135. The van der Waals surface area contributed by atoms with Crippen LogP contribution in [0.2, 0.25) is 0 Å².